The van der Waals surface area contributed by atoms with Crippen molar-refractivity contribution in [2.24, 2.45) is 4.99 Å². The first-order chi connectivity index (χ1) is 12.7. The molecule has 5 heteroatoms. The average molecular weight is 352 g/mol. The van der Waals surface area contributed by atoms with Crippen molar-refractivity contribution in [3.63, 3.8) is 0 Å². The van der Waals surface area contributed by atoms with Crippen molar-refractivity contribution in [2.45, 2.75) is 25.4 Å². The molecule has 0 aliphatic carbocycles. The summed E-state index contributed by atoms with van der Waals surface area (Å²) in [5, 5.41) is 0. The third-order valence-electron chi connectivity index (χ3n) is 5.19. The zero-order valence-electron chi connectivity index (χ0n) is 15.4. The van der Waals surface area contributed by atoms with Crippen molar-refractivity contribution in [1.82, 2.24) is 4.90 Å². The van der Waals surface area contributed by atoms with E-state index in [1.165, 1.54) is 16.7 Å². The van der Waals surface area contributed by atoms with Crippen LogP contribution in [0.1, 0.15) is 35.7 Å². The summed E-state index contributed by atoms with van der Waals surface area (Å²) in [5.74, 6) is 2.31. The Labute approximate surface area is 154 Å². The number of hydrogen-bond donors (Lipinski definition) is 0. The second-order valence-electron chi connectivity index (χ2n) is 6.70. The quantitative estimate of drug-likeness (QED) is 0.840. The van der Waals surface area contributed by atoms with Crippen LogP contribution < -0.4 is 9.47 Å². The van der Waals surface area contributed by atoms with E-state index in [4.69, 9.17) is 19.2 Å². The van der Waals surface area contributed by atoms with Crippen LogP contribution in [0, 0.1) is 0 Å². The largest absolute Gasteiger partial charge is 0.493 e. The molecule has 2 atom stereocenters. The monoisotopic (exact) mass is 352 g/mol. The normalized spacial score (nSPS) is 21.7. The van der Waals surface area contributed by atoms with Crippen LogP contribution in [0.4, 0.5) is 0 Å². The SMILES string of the molecule is COc1cc2c(cc1OC)[C@@H]1C(=N[C@@H](C)c3ccccc3)OCN1CC2. The van der Waals surface area contributed by atoms with Gasteiger partial charge in [0.15, 0.2) is 11.5 Å². The van der Waals surface area contributed by atoms with Crippen LogP contribution in [0.25, 0.3) is 0 Å². The minimum absolute atomic E-state index is 0.0460. The zero-order chi connectivity index (χ0) is 18.1. The molecule has 2 aliphatic rings. The van der Waals surface area contributed by atoms with E-state index < -0.39 is 0 Å². The topological polar surface area (TPSA) is 43.3 Å². The molecule has 5 nitrogen and oxygen atoms in total. The van der Waals surface area contributed by atoms with E-state index in [-0.39, 0.29) is 12.1 Å². The molecule has 26 heavy (non-hydrogen) atoms. The van der Waals surface area contributed by atoms with Crippen molar-refractivity contribution < 1.29 is 14.2 Å². The molecule has 4 rings (SSSR count). The summed E-state index contributed by atoms with van der Waals surface area (Å²) < 4.78 is 17.0. The summed E-state index contributed by atoms with van der Waals surface area (Å²) in [6.07, 6.45) is 0.969. The summed E-state index contributed by atoms with van der Waals surface area (Å²) >= 11 is 0. The van der Waals surface area contributed by atoms with Gasteiger partial charge in [0.05, 0.1) is 20.3 Å². The lowest BCUT2D eigenvalue weighted by molar-refractivity contribution is 0.165. The third-order valence-corrected chi connectivity index (χ3v) is 5.19. The van der Waals surface area contributed by atoms with Gasteiger partial charge in [-0.05, 0) is 42.2 Å². The van der Waals surface area contributed by atoms with E-state index in [1.807, 2.05) is 18.2 Å². The zero-order valence-corrected chi connectivity index (χ0v) is 15.4. The first kappa shape index (κ1) is 16.9. The van der Waals surface area contributed by atoms with Gasteiger partial charge >= 0.3 is 0 Å². The van der Waals surface area contributed by atoms with Gasteiger partial charge in [0.25, 0.3) is 0 Å². The van der Waals surface area contributed by atoms with Crippen molar-refractivity contribution in [3.05, 3.63) is 59.2 Å². The van der Waals surface area contributed by atoms with Gasteiger partial charge < -0.3 is 14.2 Å². The Kier molecular flexibility index (Phi) is 4.55. The first-order valence-electron chi connectivity index (χ1n) is 8.95. The maximum Gasteiger partial charge on any atom is 0.207 e. The van der Waals surface area contributed by atoms with Gasteiger partial charge in [0, 0.05) is 6.54 Å². The summed E-state index contributed by atoms with van der Waals surface area (Å²) in [4.78, 5) is 7.23. The number of hydrogen-bond acceptors (Lipinski definition) is 5. The van der Waals surface area contributed by atoms with Gasteiger partial charge in [-0.25, -0.2) is 4.99 Å². The number of rotatable bonds is 4. The van der Waals surface area contributed by atoms with Gasteiger partial charge in [0.2, 0.25) is 5.90 Å². The van der Waals surface area contributed by atoms with Crippen molar-refractivity contribution in [2.75, 3.05) is 27.5 Å². The maximum atomic E-state index is 5.98. The van der Waals surface area contributed by atoms with Crippen molar-refractivity contribution >= 4 is 5.90 Å². The molecule has 1 saturated heterocycles. The Morgan fingerprint density at radius 2 is 1.85 bits per heavy atom. The molecule has 0 N–H and O–H groups in total. The van der Waals surface area contributed by atoms with Gasteiger partial charge in [-0.3, -0.25) is 4.90 Å². The number of nitrogens with zero attached hydrogens (tertiary/aromatic N) is 2. The highest BCUT2D eigenvalue weighted by molar-refractivity contribution is 5.86. The van der Waals surface area contributed by atoms with Crippen LogP contribution in [-0.2, 0) is 11.2 Å². The Morgan fingerprint density at radius 3 is 2.58 bits per heavy atom. The summed E-state index contributed by atoms with van der Waals surface area (Å²) in [6.45, 7) is 3.64. The summed E-state index contributed by atoms with van der Waals surface area (Å²) in [5.41, 5.74) is 3.66. The molecule has 2 heterocycles. The lowest BCUT2D eigenvalue weighted by Gasteiger charge is -2.30. The number of fused-ring (bicyclic) bond motifs is 3. The fourth-order valence-corrected chi connectivity index (χ4v) is 3.76. The van der Waals surface area contributed by atoms with Crippen LogP contribution >= 0.6 is 0 Å². The fraction of sp³-hybridized carbons (Fsp3) is 0.381. The molecule has 1 fully saturated rings. The van der Waals surface area contributed by atoms with E-state index in [1.54, 1.807) is 14.2 Å². The van der Waals surface area contributed by atoms with Gasteiger partial charge in [-0.15, -0.1) is 0 Å². The molecule has 0 radical (unpaired) electrons. The molecule has 136 valence electrons. The number of ether oxygens (including phenoxy) is 3. The Bertz CT molecular complexity index is 820. The maximum absolute atomic E-state index is 5.98. The van der Waals surface area contributed by atoms with Gasteiger partial charge in [-0.1, -0.05) is 30.3 Å². The molecule has 0 unspecified atom stereocenters. The van der Waals surface area contributed by atoms with E-state index in [0.717, 1.165) is 30.4 Å². The second kappa shape index (κ2) is 7.00. The summed E-state index contributed by atoms with van der Waals surface area (Å²) in [6, 6.07) is 14.6. The lowest BCUT2D eigenvalue weighted by Crippen LogP contribution is -2.33. The number of methoxy groups -OCH3 is 2. The fourth-order valence-electron chi connectivity index (χ4n) is 3.76. The molecule has 0 aromatic heterocycles. The van der Waals surface area contributed by atoms with E-state index in [0.29, 0.717) is 6.73 Å². The highest BCUT2D eigenvalue weighted by Crippen LogP contribution is 2.41. The molecule has 0 saturated carbocycles. The number of benzene rings is 2. The lowest BCUT2D eigenvalue weighted by atomic mass is 9.92. The highest BCUT2D eigenvalue weighted by Gasteiger charge is 2.39. The van der Waals surface area contributed by atoms with Gasteiger partial charge in [-0.2, -0.15) is 0 Å². The predicted octanol–water partition coefficient (Wildman–Crippen LogP) is 3.75. The molecular formula is C21H24N2O3. The Morgan fingerprint density at radius 1 is 1.12 bits per heavy atom. The van der Waals surface area contributed by atoms with Crippen molar-refractivity contribution in [1.29, 1.82) is 0 Å². The van der Waals surface area contributed by atoms with E-state index >= 15 is 0 Å². The minimum atomic E-state index is 0.0460. The molecule has 2 aromatic rings. The molecule has 0 amide bonds. The van der Waals surface area contributed by atoms with E-state index in [2.05, 4.69) is 36.1 Å². The molecule has 0 bridgehead atoms. The Balaban J connectivity index is 1.71. The average Bonchev–Trinajstić information content (AvgIpc) is 3.10. The summed E-state index contributed by atoms with van der Waals surface area (Å²) in [7, 11) is 3.34. The van der Waals surface area contributed by atoms with E-state index in [9.17, 15) is 0 Å². The predicted molar refractivity (Wildman–Crippen MR) is 101 cm³/mol. The first-order valence-corrected chi connectivity index (χ1v) is 8.95. The number of aliphatic imine (C=N–C) groups is 1. The van der Waals surface area contributed by atoms with Gasteiger partial charge in [0.1, 0.15) is 12.8 Å². The highest BCUT2D eigenvalue weighted by atomic mass is 16.5. The molecular weight excluding hydrogens is 328 g/mol. The van der Waals surface area contributed by atoms with Crippen LogP contribution in [0.15, 0.2) is 47.5 Å². The molecule has 0 spiro atoms. The standard InChI is InChI=1S/C21H24N2O3/c1-14(15-7-5-4-6-8-15)22-21-20-17-12-19(25-3)18(24-2)11-16(17)9-10-23(20)13-26-21/h4-8,11-12,14,20H,9-10,13H2,1-3H3/t14-,20+/m0/s1. The molecule has 2 aliphatic heterocycles. The minimum Gasteiger partial charge on any atom is -0.493 e. The molecule has 2 aromatic carbocycles. The smallest absolute Gasteiger partial charge is 0.207 e. The van der Waals surface area contributed by atoms with Crippen LogP contribution in [0.3, 0.4) is 0 Å². The van der Waals surface area contributed by atoms with Crippen molar-refractivity contribution in [3.8, 4) is 11.5 Å². The third kappa shape index (κ3) is 2.92. The van der Waals surface area contributed by atoms with Crippen LogP contribution in [0.5, 0.6) is 11.5 Å². The van der Waals surface area contributed by atoms with Crippen LogP contribution in [-0.4, -0.2) is 38.3 Å². The second-order valence-corrected chi connectivity index (χ2v) is 6.70. The Hall–Kier alpha value is -2.53. The van der Waals surface area contributed by atoms with Crippen LogP contribution in [0.2, 0.25) is 0 Å².